The van der Waals surface area contributed by atoms with Gasteiger partial charge in [0.2, 0.25) is 0 Å². The topological polar surface area (TPSA) is 63.1 Å². The summed E-state index contributed by atoms with van der Waals surface area (Å²) in [5, 5.41) is 9.79. The first kappa shape index (κ1) is 11.0. The Bertz CT molecular complexity index is 490. The molecule has 5 heteroatoms. The van der Waals surface area contributed by atoms with Crippen molar-refractivity contribution in [2.75, 3.05) is 0 Å². The summed E-state index contributed by atoms with van der Waals surface area (Å²) in [6.45, 7) is 3.59. The Hall–Kier alpha value is -1.49. The van der Waals surface area contributed by atoms with Crippen LogP contribution in [0.2, 0.25) is 0 Å². The minimum Gasteiger partial charge on any atom is -0.481 e. The molecular formula is C11H12N2O2S. The van der Waals surface area contributed by atoms with E-state index in [4.69, 9.17) is 5.11 Å². The van der Waals surface area contributed by atoms with E-state index in [1.54, 1.807) is 13.1 Å². The van der Waals surface area contributed by atoms with Crippen molar-refractivity contribution in [1.29, 1.82) is 0 Å². The Morgan fingerprint density at radius 2 is 2.25 bits per heavy atom. The highest BCUT2D eigenvalue weighted by Crippen LogP contribution is 2.30. The molecule has 2 aromatic rings. The lowest BCUT2D eigenvalue weighted by atomic mass is 9.97. The number of aliphatic carboxylic acids is 1. The van der Waals surface area contributed by atoms with Gasteiger partial charge in [-0.25, -0.2) is 9.97 Å². The fourth-order valence-electron chi connectivity index (χ4n) is 1.41. The smallest absolute Gasteiger partial charge is 0.306 e. The van der Waals surface area contributed by atoms with Gasteiger partial charge in [-0.2, -0.15) is 0 Å². The third kappa shape index (κ3) is 1.90. The average Bonchev–Trinajstić information content (AvgIpc) is 2.70. The standard InChI is InChI=1S/C11H12N2O2S/c1-6(7(2)11(14)15)9-13-8-4-3-5-12-10(8)16-9/h3-7H,1-2H3,(H,14,15). The Morgan fingerprint density at radius 1 is 1.50 bits per heavy atom. The monoisotopic (exact) mass is 236 g/mol. The van der Waals surface area contributed by atoms with E-state index in [0.29, 0.717) is 0 Å². The fourth-order valence-corrected chi connectivity index (χ4v) is 2.47. The second-order valence-electron chi connectivity index (χ2n) is 3.80. The molecule has 0 radical (unpaired) electrons. The summed E-state index contributed by atoms with van der Waals surface area (Å²) in [4.78, 5) is 20.4. The van der Waals surface area contributed by atoms with Gasteiger partial charge in [-0.05, 0) is 12.1 Å². The summed E-state index contributed by atoms with van der Waals surface area (Å²) >= 11 is 1.47. The maximum absolute atomic E-state index is 10.9. The number of hydrogen-bond donors (Lipinski definition) is 1. The molecule has 0 aromatic carbocycles. The summed E-state index contributed by atoms with van der Waals surface area (Å²) in [5.74, 6) is -1.31. The fraction of sp³-hybridized carbons (Fsp3) is 0.364. The maximum atomic E-state index is 10.9. The molecule has 0 saturated carbocycles. The maximum Gasteiger partial charge on any atom is 0.306 e. The quantitative estimate of drug-likeness (QED) is 0.889. The van der Waals surface area contributed by atoms with Gasteiger partial charge in [0.05, 0.1) is 10.9 Å². The third-order valence-electron chi connectivity index (χ3n) is 2.71. The molecule has 0 fully saturated rings. The highest BCUT2D eigenvalue weighted by molar-refractivity contribution is 7.18. The van der Waals surface area contributed by atoms with E-state index in [1.165, 1.54) is 11.3 Å². The lowest BCUT2D eigenvalue weighted by Crippen LogP contribution is -2.16. The number of rotatable bonds is 3. The van der Waals surface area contributed by atoms with Crippen LogP contribution in [0, 0.1) is 5.92 Å². The Morgan fingerprint density at radius 3 is 2.88 bits per heavy atom. The molecule has 16 heavy (non-hydrogen) atoms. The minimum atomic E-state index is -0.792. The van der Waals surface area contributed by atoms with Crippen LogP contribution in [0.5, 0.6) is 0 Å². The number of carboxylic acids is 1. The zero-order valence-corrected chi connectivity index (χ0v) is 9.86. The van der Waals surface area contributed by atoms with Gasteiger partial charge in [0.15, 0.2) is 0 Å². The molecule has 2 rings (SSSR count). The molecule has 0 aliphatic rings. The van der Waals surface area contributed by atoms with Crippen molar-refractivity contribution >= 4 is 27.7 Å². The van der Waals surface area contributed by atoms with Gasteiger partial charge in [0.1, 0.15) is 10.3 Å². The molecule has 84 valence electrons. The van der Waals surface area contributed by atoms with E-state index in [1.807, 2.05) is 19.1 Å². The predicted octanol–water partition coefficient (Wildman–Crippen LogP) is 2.52. The lowest BCUT2D eigenvalue weighted by Gasteiger charge is -2.12. The summed E-state index contributed by atoms with van der Waals surface area (Å²) in [6, 6.07) is 3.72. The summed E-state index contributed by atoms with van der Waals surface area (Å²) in [7, 11) is 0. The van der Waals surface area contributed by atoms with E-state index in [2.05, 4.69) is 9.97 Å². The summed E-state index contributed by atoms with van der Waals surface area (Å²) in [6.07, 6.45) is 1.72. The van der Waals surface area contributed by atoms with Crippen LogP contribution in [0.25, 0.3) is 10.3 Å². The highest BCUT2D eigenvalue weighted by Gasteiger charge is 2.23. The zero-order chi connectivity index (χ0) is 11.7. The second kappa shape index (κ2) is 4.17. The first-order valence-corrected chi connectivity index (χ1v) is 5.85. The molecule has 1 N–H and O–H groups in total. The van der Waals surface area contributed by atoms with Gasteiger partial charge in [-0.15, -0.1) is 0 Å². The van der Waals surface area contributed by atoms with Crippen LogP contribution in [0.4, 0.5) is 0 Å². The first-order chi connectivity index (χ1) is 7.59. The molecule has 0 aliphatic heterocycles. The number of carboxylic acid groups (broad SMARTS) is 1. The van der Waals surface area contributed by atoms with Gasteiger partial charge in [-0.1, -0.05) is 25.2 Å². The highest BCUT2D eigenvalue weighted by atomic mass is 32.1. The number of hydrogen-bond acceptors (Lipinski definition) is 4. The van der Waals surface area contributed by atoms with Crippen molar-refractivity contribution < 1.29 is 9.90 Å². The van der Waals surface area contributed by atoms with E-state index in [9.17, 15) is 4.79 Å². The van der Waals surface area contributed by atoms with E-state index >= 15 is 0 Å². The van der Waals surface area contributed by atoms with Crippen molar-refractivity contribution in [3.63, 3.8) is 0 Å². The number of pyridine rings is 1. The predicted molar refractivity (Wildman–Crippen MR) is 62.6 cm³/mol. The number of thiazole rings is 1. The molecule has 0 aliphatic carbocycles. The molecule has 0 spiro atoms. The van der Waals surface area contributed by atoms with Gasteiger partial charge in [-0.3, -0.25) is 4.79 Å². The van der Waals surface area contributed by atoms with E-state index in [0.717, 1.165) is 15.4 Å². The Labute approximate surface area is 97.0 Å². The van der Waals surface area contributed by atoms with Gasteiger partial charge in [0, 0.05) is 12.1 Å². The largest absolute Gasteiger partial charge is 0.481 e. The van der Waals surface area contributed by atoms with Crippen LogP contribution in [-0.4, -0.2) is 21.0 Å². The lowest BCUT2D eigenvalue weighted by molar-refractivity contribution is -0.141. The second-order valence-corrected chi connectivity index (χ2v) is 4.80. The Kier molecular flexibility index (Phi) is 2.87. The van der Waals surface area contributed by atoms with Crippen molar-refractivity contribution in [2.45, 2.75) is 19.8 Å². The van der Waals surface area contributed by atoms with Crippen molar-refractivity contribution in [3.05, 3.63) is 23.3 Å². The van der Waals surface area contributed by atoms with Crippen LogP contribution >= 0.6 is 11.3 Å². The molecule has 2 unspecified atom stereocenters. The van der Waals surface area contributed by atoms with Crippen LogP contribution in [0.1, 0.15) is 24.8 Å². The zero-order valence-electron chi connectivity index (χ0n) is 9.04. The molecule has 0 saturated heterocycles. The molecule has 0 bridgehead atoms. The van der Waals surface area contributed by atoms with Crippen molar-refractivity contribution in [1.82, 2.24) is 9.97 Å². The normalized spacial score (nSPS) is 14.9. The van der Waals surface area contributed by atoms with E-state index in [-0.39, 0.29) is 5.92 Å². The number of aromatic nitrogens is 2. The minimum absolute atomic E-state index is 0.0864. The molecular weight excluding hydrogens is 224 g/mol. The van der Waals surface area contributed by atoms with Crippen LogP contribution in [0.15, 0.2) is 18.3 Å². The molecule has 0 amide bonds. The average molecular weight is 236 g/mol. The molecule has 2 atom stereocenters. The summed E-state index contributed by atoms with van der Waals surface area (Å²) in [5.41, 5.74) is 0.840. The van der Waals surface area contributed by atoms with E-state index < -0.39 is 11.9 Å². The summed E-state index contributed by atoms with van der Waals surface area (Å²) < 4.78 is 0. The van der Waals surface area contributed by atoms with Crippen molar-refractivity contribution in [2.24, 2.45) is 5.92 Å². The Balaban J connectivity index is 2.36. The van der Waals surface area contributed by atoms with Crippen LogP contribution in [0.3, 0.4) is 0 Å². The molecule has 2 aromatic heterocycles. The number of nitrogens with zero attached hydrogens (tertiary/aromatic N) is 2. The molecule has 4 nitrogen and oxygen atoms in total. The van der Waals surface area contributed by atoms with Gasteiger partial charge in [0.25, 0.3) is 0 Å². The first-order valence-electron chi connectivity index (χ1n) is 5.04. The van der Waals surface area contributed by atoms with Crippen LogP contribution in [-0.2, 0) is 4.79 Å². The SMILES string of the molecule is CC(C(=O)O)C(C)c1nc2cccnc2s1. The number of fused-ring (bicyclic) bond motifs is 1. The molecule has 2 heterocycles. The van der Waals surface area contributed by atoms with Gasteiger partial charge < -0.3 is 5.11 Å². The van der Waals surface area contributed by atoms with Crippen LogP contribution < -0.4 is 0 Å². The van der Waals surface area contributed by atoms with Gasteiger partial charge >= 0.3 is 5.97 Å². The van der Waals surface area contributed by atoms with Crippen molar-refractivity contribution in [3.8, 4) is 0 Å². The third-order valence-corrected chi connectivity index (χ3v) is 3.89. The number of carbonyl (C=O) groups is 1.